The van der Waals surface area contributed by atoms with E-state index in [-0.39, 0.29) is 45.4 Å². The number of fused-ring (bicyclic) bond motifs is 5. The van der Waals surface area contributed by atoms with E-state index in [9.17, 15) is 32.7 Å². The van der Waals surface area contributed by atoms with E-state index >= 15 is 0 Å². The number of anilines is 2. The molecule has 4 heterocycles. The molecule has 1 unspecified atom stereocenters. The summed E-state index contributed by atoms with van der Waals surface area (Å²) in [6.45, 7) is 0.0365. The number of aromatic nitrogens is 3. The SMILES string of the molecule is COC(=O)c1c(C(F)(F)F)[nH]c2c(O)cc3c(c12)C(CBr)CN3C(=O)c1cc2cc(NC(=O)c3cc4c(OC)c(OC)c(OC)cc4[nH]3)ccc2[nH]1. The maximum Gasteiger partial charge on any atom is 0.432 e. The van der Waals surface area contributed by atoms with E-state index in [4.69, 9.17) is 18.9 Å². The number of methoxy groups -OCH3 is 4. The van der Waals surface area contributed by atoms with Crippen molar-refractivity contribution in [2.75, 3.05) is 50.5 Å². The molecule has 6 aromatic rings. The van der Waals surface area contributed by atoms with Crippen molar-refractivity contribution in [1.29, 1.82) is 0 Å². The number of phenolic OH excluding ortho intramolecular Hbond substituents is 1. The summed E-state index contributed by atoms with van der Waals surface area (Å²) in [7, 11) is 5.42. The smallest absolute Gasteiger partial charge is 0.432 e. The number of H-pyrrole nitrogens is 3. The molecule has 52 heavy (non-hydrogen) atoms. The van der Waals surface area contributed by atoms with E-state index in [0.29, 0.717) is 44.7 Å². The van der Waals surface area contributed by atoms with Crippen LogP contribution in [0.25, 0.3) is 32.7 Å². The Labute approximate surface area is 300 Å². The normalized spacial score (nSPS) is 14.2. The monoisotopic (exact) mass is 783 g/mol. The fraction of sp³-hybridized carbons (Fsp3) is 0.229. The van der Waals surface area contributed by atoms with Crippen LogP contribution in [0.1, 0.15) is 48.5 Å². The molecule has 0 aliphatic carbocycles. The zero-order valence-electron chi connectivity index (χ0n) is 27.8. The molecule has 270 valence electrons. The third-order valence-electron chi connectivity index (χ3n) is 9.06. The number of esters is 1. The summed E-state index contributed by atoms with van der Waals surface area (Å²) in [5.41, 5.74) is -0.0460. The van der Waals surface area contributed by atoms with Crippen molar-refractivity contribution in [3.8, 4) is 23.0 Å². The molecule has 2 amide bonds. The van der Waals surface area contributed by atoms with Gasteiger partial charge in [-0.3, -0.25) is 9.59 Å². The predicted octanol–water partition coefficient (Wildman–Crippen LogP) is 7.06. The van der Waals surface area contributed by atoms with Crippen molar-refractivity contribution in [3.05, 3.63) is 70.7 Å². The van der Waals surface area contributed by atoms with Crippen LogP contribution in [0.4, 0.5) is 24.5 Å². The second-order valence-electron chi connectivity index (χ2n) is 11.9. The molecule has 0 bridgehead atoms. The lowest BCUT2D eigenvalue weighted by Gasteiger charge is -2.17. The van der Waals surface area contributed by atoms with Crippen LogP contribution in [0.5, 0.6) is 23.0 Å². The summed E-state index contributed by atoms with van der Waals surface area (Å²) in [4.78, 5) is 49.7. The van der Waals surface area contributed by atoms with Crippen LogP contribution < -0.4 is 24.4 Å². The van der Waals surface area contributed by atoms with Crippen molar-refractivity contribution >= 4 is 77.8 Å². The Morgan fingerprint density at radius 1 is 0.942 bits per heavy atom. The number of rotatable bonds is 8. The Morgan fingerprint density at radius 3 is 2.33 bits per heavy atom. The zero-order valence-corrected chi connectivity index (χ0v) is 29.4. The first-order valence-electron chi connectivity index (χ1n) is 15.5. The van der Waals surface area contributed by atoms with Crippen LogP contribution >= 0.6 is 15.9 Å². The van der Waals surface area contributed by atoms with Gasteiger partial charge in [0.2, 0.25) is 5.75 Å². The molecule has 1 aliphatic rings. The minimum absolute atomic E-state index is 0.0365. The molecule has 0 saturated heterocycles. The van der Waals surface area contributed by atoms with Gasteiger partial charge in [0.1, 0.15) is 22.8 Å². The van der Waals surface area contributed by atoms with Crippen molar-refractivity contribution in [2.24, 2.45) is 0 Å². The molecule has 7 rings (SSSR count). The number of aromatic amines is 3. The summed E-state index contributed by atoms with van der Waals surface area (Å²) >= 11 is 3.40. The number of phenols is 1. The van der Waals surface area contributed by atoms with Crippen molar-refractivity contribution in [3.63, 3.8) is 0 Å². The minimum Gasteiger partial charge on any atom is -0.506 e. The molecule has 1 aliphatic heterocycles. The van der Waals surface area contributed by atoms with Crippen LogP contribution in [0.3, 0.4) is 0 Å². The summed E-state index contributed by atoms with van der Waals surface area (Å²) in [5, 5.41) is 15.0. The number of ether oxygens (including phenoxy) is 4. The van der Waals surface area contributed by atoms with Crippen molar-refractivity contribution in [1.82, 2.24) is 15.0 Å². The van der Waals surface area contributed by atoms with E-state index < -0.39 is 46.9 Å². The summed E-state index contributed by atoms with van der Waals surface area (Å²) in [6.07, 6.45) is -4.96. The molecule has 3 aromatic heterocycles. The fourth-order valence-electron chi connectivity index (χ4n) is 6.80. The second kappa shape index (κ2) is 12.7. The molecule has 13 nitrogen and oxygen atoms in total. The summed E-state index contributed by atoms with van der Waals surface area (Å²) in [6, 6.07) is 11.1. The number of hydrogen-bond donors (Lipinski definition) is 5. The van der Waals surface area contributed by atoms with Gasteiger partial charge in [0.15, 0.2) is 11.5 Å². The number of carbonyl (C=O) groups excluding carboxylic acids is 3. The van der Waals surface area contributed by atoms with Gasteiger partial charge in [0, 0.05) is 57.3 Å². The molecule has 5 N–H and O–H groups in total. The van der Waals surface area contributed by atoms with Gasteiger partial charge in [-0.25, -0.2) is 4.79 Å². The highest BCUT2D eigenvalue weighted by Crippen LogP contribution is 2.49. The first-order valence-corrected chi connectivity index (χ1v) is 16.7. The zero-order chi connectivity index (χ0) is 37.2. The Bertz CT molecular complexity index is 2450. The highest BCUT2D eigenvalue weighted by Gasteiger charge is 2.43. The van der Waals surface area contributed by atoms with Gasteiger partial charge in [-0.2, -0.15) is 13.2 Å². The van der Waals surface area contributed by atoms with Crippen LogP contribution in [0.15, 0.2) is 42.5 Å². The number of carbonyl (C=O) groups is 3. The van der Waals surface area contributed by atoms with E-state index in [0.717, 1.165) is 7.11 Å². The number of nitrogens with one attached hydrogen (secondary N) is 4. The van der Waals surface area contributed by atoms with Crippen molar-refractivity contribution in [2.45, 2.75) is 12.1 Å². The maximum atomic E-state index is 14.0. The summed E-state index contributed by atoms with van der Waals surface area (Å²) < 4.78 is 63.2. The Hall–Kier alpha value is -5.84. The minimum atomic E-state index is -4.96. The highest BCUT2D eigenvalue weighted by atomic mass is 79.9. The summed E-state index contributed by atoms with van der Waals surface area (Å²) in [5.74, 6) is -2.16. The van der Waals surface area contributed by atoms with Gasteiger partial charge >= 0.3 is 12.1 Å². The third kappa shape index (κ3) is 5.42. The average Bonchev–Trinajstić information content (AvgIpc) is 3.91. The largest absolute Gasteiger partial charge is 0.506 e. The molecule has 3 aromatic carbocycles. The number of nitrogens with zero attached hydrogens (tertiary/aromatic N) is 1. The van der Waals surface area contributed by atoms with Crippen LogP contribution in [-0.4, -0.2) is 78.2 Å². The first-order chi connectivity index (χ1) is 24.8. The topological polar surface area (TPSA) is 171 Å². The predicted molar refractivity (Wildman–Crippen MR) is 189 cm³/mol. The molecular formula is C35H29BrF3N5O8. The van der Waals surface area contributed by atoms with Gasteiger partial charge in [-0.15, -0.1) is 0 Å². The number of halogens is 4. The second-order valence-corrected chi connectivity index (χ2v) is 12.6. The number of aromatic hydroxyl groups is 1. The van der Waals surface area contributed by atoms with Crippen LogP contribution in [0, 0.1) is 0 Å². The Morgan fingerprint density at radius 2 is 1.67 bits per heavy atom. The molecular weight excluding hydrogens is 755 g/mol. The van der Waals surface area contributed by atoms with E-state index in [1.54, 1.807) is 36.4 Å². The first kappa shape index (κ1) is 34.6. The van der Waals surface area contributed by atoms with Gasteiger partial charge in [-0.1, -0.05) is 15.9 Å². The number of hydrogen-bond acceptors (Lipinski definition) is 8. The average molecular weight is 785 g/mol. The highest BCUT2D eigenvalue weighted by molar-refractivity contribution is 9.09. The van der Waals surface area contributed by atoms with Gasteiger partial charge in [0.05, 0.1) is 50.7 Å². The van der Waals surface area contributed by atoms with Gasteiger partial charge in [-0.05, 0) is 35.9 Å². The molecule has 17 heteroatoms. The van der Waals surface area contributed by atoms with E-state index in [1.165, 1.54) is 32.3 Å². The molecule has 0 saturated carbocycles. The Kier molecular flexibility index (Phi) is 8.47. The lowest BCUT2D eigenvalue weighted by Crippen LogP contribution is -2.30. The standard InChI is InChI=1S/C35H29BrF3N5O8/c1-49-24-10-19-17(29(50-2)30(24)51-3)9-20(42-19)32(46)40-16-5-6-18-14(7-16)8-21(41-18)33(47)44-13-15(12-36)25-22(44)11-23(45)28-26(25)27(34(48)52-4)31(43-28)35(37,38)39/h5-11,15,41-43,45H,12-13H2,1-4H3,(H,40,46). The quantitative estimate of drug-likeness (QED) is 0.0807. The fourth-order valence-corrected chi connectivity index (χ4v) is 7.32. The van der Waals surface area contributed by atoms with Crippen molar-refractivity contribution < 1.29 is 51.6 Å². The van der Waals surface area contributed by atoms with Crippen LogP contribution in [-0.2, 0) is 10.9 Å². The van der Waals surface area contributed by atoms with E-state index in [2.05, 4.69) is 36.2 Å². The molecule has 1 atom stereocenters. The van der Waals surface area contributed by atoms with Crippen LogP contribution in [0.2, 0.25) is 0 Å². The molecule has 0 radical (unpaired) electrons. The lowest BCUT2D eigenvalue weighted by molar-refractivity contribution is -0.141. The number of benzene rings is 3. The van der Waals surface area contributed by atoms with E-state index in [1.807, 2.05) is 0 Å². The number of alkyl halides is 4. The molecule has 0 fully saturated rings. The van der Waals surface area contributed by atoms with Gasteiger partial charge in [0.25, 0.3) is 11.8 Å². The lowest BCUT2D eigenvalue weighted by atomic mass is 9.95. The molecule has 0 spiro atoms. The third-order valence-corrected chi connectivity index (χ3v) is 9.84. The maximum absolute atomic E-state index is 14.0. The van der Waals surface area contributed by atoms with Gasteiger partial charge < -0.3 is 49.2 Å². The Balaban J connectivity index is 1.21. The number of amides is 2.